The molecule has 2 heteroatoms. The van der Waals surface area contributed by atoms with Gasteiger partial charge in [0, 0.05) is 13.0 Å². The van der Waals surface area contributed by atoms with Crippen LogP contribution in [0.2, 0.25) is 0 Å². The van der Waals surface area contributed by atoms with Crippen molar-refractivity contribution >= 4 is 5.91 Å². The Balaban J connectivity index is 1.16. The van der Waals surface area contributed by atoms with Crippen LogP contribution in [-0.2, 0) is 4.79 Å². The van der Waals surface area contributed by atoms with Gasteiger partial charge in [-0.3, -0.25) is 4.79 Å². The summed E-state index contributed by atoms with van der Waals surface area (Å²) in [5.74, 6) is 5.92. The molecule has 6 fully saturated rings. The Labute approximate surface area is 134 Å². The number of fused-ring (bicyclic) bond motifs is 2. The van der Waals surface area contributed by atoms with Gasteiger partial charge in [-0.05, 0) is 98.7 Å². The molecule has 0 aliphatic heterocycles. The van der Waals surface area contributed by atoms with Crippen LogP contribution in [0.15, 0.2) is 0 Å². The zero-order valence-corrected chi connectivity index (χ0v) is 13.9. The number of nitrogens with one attached hydrogen (secondary N) is 1. The Morgan fingerprint density at radius 3 is 2.09 bits per heavy atom. The highest BCUT2D eigenvalue weighted by molar-refractivity contribution is 5.76. The van der Waals surface area contributed by atoms with Crippen LogP contribution in [0.4, 0.5) is 0 Å². The molecule has 0 aromatic carbocycles. The molecule has 6 aliphatic rings. The Morgan fingerprint density at radius 2 is 1.55 bits per heavy atom. The lowest BCUT2D eigenvalue weighted by molar-refractivity contribution is -0.124. The zero-order valence-electron chi connectivity index (χ0n) is 13.9. The van der Waals surface area contributed by atoms with Gasteiger partial charge in [0.25, 0.3) is 0 Å². The summed E-state index contributed by atoms with van der Waals surface area (Å²) in [6.45, 7) is 0.996. The molecule has 22 heavy (non-hydrogen) atoms. The highest BCUT2D eigenvalue weighted by Gasteiger charge is 2.50. The van der Waals surface area contributed by atoms with E-state index in [0.29, 0.717) is 11.3 Å². The van der Waals surface area contributed by atoms with Crippen LogP contribution in [0.5, 0.6) is 0 Å². The van der Waals surface area contributed by atoms with E-state index in [4.69, 9.17) is 0 Å². The van der Waals surface area contributed by atoms with E-state index in [0.717, 1.165) is 48.5 Å². The fourth-order valence-electron chi connectivity index (χ4n) is 7.73. The van der Waals surface area contributed by atoms with Crippen LogP contribution in [0.3, 0.4) is 0 Å². The maximum Gasteiger partial charge on any atom is 0.220 e. The second-order valence-corrected chi connectivity index (χ2v) is 9.83. The normalized spacial score (nSPS) is 51.5. The molecule has 6 bridgehead atoms. The predicted octanol–water partition coefficient (Wildman–Crippen LogP) is 4.15. The van der Waals surface area contributed by atoms with Crippen molar-refractivity contribution in [3.05, 3.63) is 0 Å². The predicted molar refractivity (Wildman–Crippen MR) is 87.2 cm³/mol. The van der Waals surface area contributed by atoms with Gasteiger partial charge in [-0.1, -0.05) is 6.42 Å². The molecule has 0 heterocycles. The minimum absolute atomic E-state index is 0.369. The van der Waals surface area contributed by atoms with Crippen molar-refractivity contribution in [1.29, 1.82) is 0 Å². The van der Waals surface area contributed by atoms with Crippen LogP contribution < -0.4 is 5.32 Å². The second kappa shape index (κ2) is 4.98. The van der Waals surface area contributed by atoms with Crippen molar-refractivity contribution in [1.82, 2.24) is 5.32 Å². The van der Waals surface area contributed by atoms with Crippen molar-refractivity contribution in [3.8, 4) is 0 Å². The third-order valence-electron chi connectivity index (χ3n) is 8.16. The molecule has 6 saturated carbocycles. The summed E-state index contributed by atoms with van der Waals surface area (Å²) in [4.78, 5) is 12.5. The molecule has 0 saturated heterocycles. The summed E-state index contributed by atoms with van der Waals surface area (Å²) in [5.41, 5.74) is 0.499. The van der Waals surface area contributed by atoms with Gasteiger partial charge in [0.05, 0.1) is 0 Å². The third-order valence-corrected chi connectivity index (χ3v) is 8.16. The quantitative estimate of drug-likeness (QED) is 0.830. The first kappa shape index (κ1) is 13.9. The van der Waals surface area contributed by atoms with Gasteiger partial charge in [-0.15, -0.1) is 0 Å². The summed E-state index contributed by atoms with van der Waals surface area (Å²) < 4.78 is 0. The maximum atomic E-state index is 12.5. The molecule has 0 radical (unpaired) electrons. The average molecular weight is 301 g/mol. The molecular formula is C20H31NO. The smallest absolute Gasteiger partial charge is 0.220 e. The molecule has 6 rings (SSSR count). The van der Waals surface area contributed by atoms with E-state index in [-0.39, 0.29) is 0 Å². The number of amides is 1. The molecule has 1 N–H and O–H groups in total. The van der Waals surface area contributed by atoms with Crippen molar-refractivity contribution in [2.45, 2.75) is 70.6 Å². The first-order valence-electron chi connectivity index (χ1n) is 9.94. The first-order chi connectivity index (χ1) is 10.7. The van der Waals surface area contributed by atoms with Gasteiger partial charge in [-0.2, -0.15) is 0 Å². The number of carbonyl (C=O) groups excluding carboxylic acids is 1. The number of hydrogen-bond donors (Lipinski definition) is 1. The van der Waals surface area contributed by atoms with E-state index in [2.05, 4.69) is 5.32 Å². The van der Waals surface area contributed by atoms with Crippen molar-refractivity contribution < 1.29 is 4.79 Å². The summed E-state index contributed by atoms with van der Waals surface area (Å²) in [6.07, 6.45) is 15.2. The SMILES string of the molecule is O=C(C[C@@H]1C[C@@H]2CC[C@@H]1C2)NCC12CC3CC(CC(C3)C1)C2. The van der Waals surface area contributed by atoms with Crippen molar-refractivity contribution in [2.75, 3.05) is 6.54 Å². The Kier molecular flexibility index (Phi) is 3.14. The lowest BCUT2D eigenvalue weighted by atomic mass is 9.49. The fraction of sp³-hybridized carbons (Fsp3) is 0.950. The number of rotatable bonds is 4. The zero-order chi connectivity index (χ0) is 14.7. The monoisotopic (exact) mass is 301 g/mol. The lowest BCUT2D eigenvalue weighted by Gasteiger charge is -2.56. The summed E-state index contributed by atoms with van der Waals surface area (Å²) in [5, 5.41) is 3.39. The molecule has 6 aliphatic carbocycles. The van der Waals surface area contributed by atoms with Crippen molar-refractivity contribution in [2.24, 2.45) is 40.9 Å². The topological polar surface area (TPSA) is 29.1 Å². The van der Waals surface area contributed by atoms with Crippen LogP contribution >= 0.6 is 0 Å². The van der Waals surface area contributed by atoms with Crippen LogP contribution in [0, 0.1) is 40.9 Å². The van der Waals surface area contributed by atoms with Crippen molar-refractivity contribution in [3.63, 3.8) is 0 Å². The lowest BCUT2D eigenvalue weighted by Crippen LogP contribution is -2.51. The van der Waals surface area contributed by atoms with Gasteiger partial charge in [0.15, 0.2) is 0 Å². The third kappa shape index (κ3) is 2.32. The van der Waals surface area contributed by atoms with Gasteiger partial charge in [-0.25, -0.2) is 0 Å². The number of carbonyl (C=O) groups is 1. The van der Waals surface area contributed by atoms with Crippen LogP contribution in [-0.4, -0.2) is 12.5 Å². The Morgan fingerprint density at radius 1 is 0.864 bits per heavy atom. The van der Waals surface area contributed by atoms with E-state index < -0.39 is 0 Å². The van der Waals surface area contributed by atoms with Crippen LogP contribution in [0.1, 0.15) is 70.6 Å². The maximum absolute atomic E-state index is 12.5. The largest absolute Gasteiger partial charge is 0.356 e. The summed E-state index contributed by atoms with van der Waals surface area (Å²) in [7, 11) is 0. The van der Waals surface area contributed by atoms with Gasteiger partial charge < -0.3 is 5.32 Å². The molecule has 0 unspecified atom stereocenters. The highest BCUT2D eigenvalue weighted by atomic mass is 16.1. The molecule has 0 aromatic rings. The van der Waals surface area contributed by atoms with Gasteiger partial charge in [0.2, 0.25) is 5.91 Å². The van der Waals surface area contributed by atoms with Gasteiger partial charge in [0.1, 0.15) is 0 Å². The minimum atomic E-state index is 0.369. The molecule has 1 amide bonds. The second-order valence-electron chi connectivity index (χ2n) is 9.83. The standard InChI is InChI=1S/C20H31NO/c22-19(8-18-7-13-1-2-17(18)6-13)21-12-20-9-14-3-15(10-20)5-16(4-14)11-20/h13-18H,1-12H2,(H,21,22)/t13-,14?,15?,16?,17-,18+,20?/m1/s1. The molecule has 2 nitrogen and oxygen atoms in total. The van der Waals surface area contributed by atoms with Gasteiger partial charge >= 0.3 is 0 Å². The minimum Gasteiger partial charge on any atom is -0.356 e. The number of hydrogen-bond acceptors (Lipinski definition) is 1. The van der Waals surface area contributed by atoms with E-state index in [1.165, 1.54) is 64.2 Å². The van der Waals surface area contributed by atoms with E-state index in [1.807, 2.05) is 0 Å². The van der Waals surface area contributed by atoms with E-state index >= 15 is 0 Å². The molecule has 0 spiro atoms. The van der Waals surface area contributed by atoms with Crippen LogP contribution in [0.25, 0.3) is 0 Å². The molecule has 3 atom stereocenters. The highest BCUT2D eigenvalue weighted by Crippen LogP contribution is 2.59. The Bertz CT molecular complexity index is 435. The summed E-state index contributed by atoms with van der Waals surface area (Å²) >= 11 is 0. The molecular weight excluding hydrogens is 270 g/mol. The van der Waals surface area contributed by atoms with E-state index in [1.54, 1.807) is 0 Å². The Hall–Kier alpha value is -0.530. The molecule has 122 valence electrons. The fourth-order valence-corrected chi connectivity index (χ4v) is 7.73. The molecule has 0 aromatic heterocycles. The summed E-state index contributed by atoms with van der Waals surface area (Å²) in [6, 6.07) is 0. The first-order valence-corrected chi connectivity index (χ1v) is 9.94. The van der Waals surface area contributed by atoms with E-state index in [9.17, 15) is 4.79 Å². The average Bonchev–Trinajstić information content (AvgIpc) is 3.06.